The minimum absolute atomic E-state index is 0.273. The maximum atomic E-state index is 14.7. The highest BCUT2D eigenvalue weighted by Gasteiger charge is 2.32. The number of hydrogen-bond donors (Lipinski definition) is 0. The highest BCUT2D eigenvalue weighted by molar-refractivity contribution is 6.36. The fraction of sp³-hybridized carbons (Fsp3) is 0.333. The third kappa shape index (κ3) is 4.69. The molecule has 1 amide bonds. The van der Waals surface area contributed by atoms with Crippen LogP contribution in [0.25, 0.3) is 0 Å². The van der Waals surface area contributed by atoms with Crippen LogP contribution in [0.15, 0.2) is 41.4 Å². The fourth-order valence-electron chi connectivity index (χ4n) is 3.43. The molecule has 2 aliphatic rings. The molecule has 2 aromatic rings. The van der Waals surface area contributed by atoms with Gasteiger partial charge in [-0.2, -0.15) is 0 Å². The van der Waals surface area contributed by atoms with Crippen LogP contribution in [-0.4, -0.2) is 57.8 Å². The van der Waals surface area contributed by atoms with Gasteiger partial charge in [0.15, 0.2) is 0 Å². The first-order chi connectivity index (χ1) is 14.5. The van der Waals surface area contributed by atoms with E-state index in [1.165, 1.54) is 11.0 Å². The van der Waals surface area contributed by atoms with Crippen LogP contribution in [0.1, 0.15) is 5.56 Å². The molecule has 6 nitrogen and oxygen atoms in total. The summed E-state index contributed by atoms with van der Waals surface area (Å²) in [6.07, 6.45) is 0.673. The molecule has 9 heteroatoms. The molecule has 0 unspecified atom stereocenters. The largest absolute Gasteiger partial charge is 0.442 e. The van der Waals surface area contributed by atoms with E-state index in [-0.39, 0.29) is 12.4 Å². The molecule has 1 atom stereocenters. The number of morpholine rings is 1. The van der Waals surface area contributed by atoms with Gasteiger partial charge < -0.3 is 14.4 Å². The summed E-state index contributed by atoms with van der Waals surface area (Å²) in [5, 5.41) is 1.04. The van der Waals surface area contributed by atoms with Crippen molar-refractivity contribution in [3.8, 4) is 0 Å². The number of carbonyl (C=O) groups excluding carboxylic acids is 1. The third-order valence-corrected chi connectivity index (χ3v) is 5.53. The molecule has 4 rings (SSSR count). The molecule has 2 heterocycles. The molecule has 0 N–H and O–H groups in total. The Morgan fingerprint density at radius 1 is 1.17 bits per heavy atom. The minimum Gasteiger partial charge on any atom is -0.442 e. The van der Waals surface area contributed by atoms with Crippen LogP contribution < -0.4 is 9.80 Å². The SMILES string of the molecule is O=C1O[C@@H](CN=Cc2ccc(Cl)cc2Cl)CN1c1ccc(N2CCOCC2)c(F)c1. The van der Waals surface area contributed by atoms with Gasteiger partial charge in [0.1, 0.15) is 11.9 Å². The lowest BCUT2D eigenvalue weighted by Gasteiger charge is -2.29. The highest BCUT2D eigenvalue weighted by Crippen LogP contribution is 2.28. The number of anilines is 2. The Labute approximate surface area is 183 Å². The van der Waals surface area contributed by atoms with Crippen molar-refractivity contribution in [1.82, 2.24) is 0 Å². The minimum atomic E-state index is -0.516. The zero-order chi connectivity index (χ0) is 21.1. The van der Waals surface area contributed by atoms with E-state index in [0.717, 1.165) is 5.56 Å². The monoisotopic (exact) mass is 451 g/mol. The maximum Gasteiger partial charge on any atom is 0.414 e. The molecule has 2 fully saturated rings. The van der Waals surface area contributed by atoms with Crippen LogP contribution in [0, 0.1) is 5.82 Å². The lowest BCUT2D eigenvalue weighted by molar-refractivity contribution is 0.122. The number of halogens is 3. The second kappa shape index (κ2) is 9.20. The van der Waals surface area contributed by atoms with Crippen molar-refractivity contribution in [2.75, 3.05) is 49.2 Å². The van der Waals surface area contributed by atoms with E-state index in [1.54, 1.807) is 36.5 Å². The standard InChI is InChI=1S/C21H20Cl2FN3O3/c22-15-2-1-14(18(23)9-15)11-25-12-17-13-27(21(28)30-17)16-3-4-20(19(24)10-16)26-5-7-29-8-6-26/h1-4,9-11,17H,5-8,12-13H2/t17-/m0/s1. The Bertz CT molecular complexity index is 967. The fourth-order valence-corrected chi connectivity index (χ4v) is 3.88. The van der Waals surface area contributed by atoms with Gasteiger partial charge in [-0.3, -0.25) is 9.89 Å². The number of rotatable bonds is 5. The first kappa shape index (κ1) is 20.9. The lowest BCUT2D eigenvalue weighted by Crippen LogP contribution is -2.36. The van der Waals surface area contributed by atoms with Crippen molar-refractivity contribution in [3.05, 3.63) is 57.8 Å². The van der Waals surface area contributed by atoms with Crippen LogP contribution in [0.3, 0.4) is 0 Å². The van der Waals surface area contributed by atoms with Crippen molar-refractivity contribution >= 4 is 46.9 Å². The van der Waals surface area contributed by atoms with Crippen LogP contribution in [-0.2, 0) is 9.47 Å². The number of ether oxygens (including phenoxy) is 2. The molecule has 0 saturated carbocycles. The molecule has 2 aromatic carbocycles. The van der Waals surface area contributed by atoms with Gasteiger partial charge in [-0.05, 0) is 30.3 Å². The van der Waals surface area contributed by atoms with Gasteiger partial charge in [-0.25, -0.2) is 9.18 Å². The van der Waals surface area contributed by atoms with Gasteiger partial charge in [0.05, 0.1) is 42.7 Å². The number of cyclic esters (lactones) is 1. The first-order valence-electron chi connectivity index (χ1n) is 9.56. The van der Waals surface area contributed by atoms with Crippen molar-refractivity contribution in [2.45, 2.75) is 6.10 Å². The maximum absolute atomic E-state index is 14.7. The molecule has 0 aliphatic carbocycles. The Morgan fingerprint density at radius 2 is 1.97 bits per heavy atom. The predicted molar refractivity (Wildman–Crippen MR) is 116 cm³/mol. The van der Waals surface area contributed by atoms with Crippen LogP contribution in [0.2, 0.25) is 10.0 Å². The van der Waals surface area contributed by atoms with Gasteiger partial charge in [0, 0.05) is 29.9 Å². The normalized spacial score (nSPS) is 19.6. The van der Waals surface area contributed by atoms with E-state index in [1.807, 2.05) is 4.90 Å². The summed E-state index contributed by atoms with van der Waals surface area (Å²) in [5.74, 6) is -0.374. The number of nitrogens with zero attached hydrogens (tertiary/aromatic N) is 3. The quantitative estimate of drug-likeness (QED) is 0.631. The number of amides is 1. The summed E-state index contributed by atoms with van der Waals surface area (Å²) in [7, 11) is 0. The summed E-state index contributed by atoms with van der Waals surface area (Å²) < 4.78 is 25.3. The van der Waals surface area contributed by atoms with Gasteiger partial charge in [0.25, 0.3) is 0 Å². The van der Waals surface area contributed by atoms with Crippen molar-refractivity contribution < 1.29 is 18.7 Å². The molecule has 30 heavy (non-hydrogen) atoms. The average Bonchev–Trinajstić information content (AvgIpc) is 3.10. The van der Waals surface area contributed by atoms with Crippen molar-refractivity contribution in [3.63, 3.8) is 0 Å². The molecule has 2 aliphatic heterocycles. The molecular weight excluding hydrogens is 432 g/mol. The van der Waals surface area contributed by atoms with E-state index >= 15 is 0 Å². The van der Waals surface area contributed by atoms with E-state index in [0.29, 0.717) is 54.3 Å². The predicted octanol–water partition coefficient (Wildman–Crippen LogP) is 4.41. The number of carbonyl (C=O) groups is 1. The van der Waals surface area contributed by atoms with E-state index in [4.69, 9.17) is 32.7 Å². The summed E-state index contributed by atoms with van der Waals surface area (Å²) >= 11 is 12.0. The summed E-state index contributed by atoms with van der Waals surface area (Å²) in [6.45, 7) is 2.99. The summed E-state index contributed by atoms with van der Waals surface area (Å²) in [6, 6.07) is 9.91. The number of aliphatic imine (C=N–C) groups is 1. The van der Waals surface area contributed by atoms with Crippen LogP contribution >= 0.6 is 23.2 Å². The number of benzene rings is 2. The second-order valence-corrected chi connectivity index (χ2v) is 7.86. The van der Waals surface area contributed by atoms with Crippen molar-refractivity contribution in [1.29, 1.82) is 0 Å². The van der Waals surface area contributed by atoms with E-state index in [9.17, 15) is 9.18 Å². The summed E-state index contributed by atoms with van der Waals surface area (Å²) in [4.78, 5) is 19.9. The zero-order valence-corrected chi connectivity index (χ0v) is 17.6. The Kier molecular flexibility index (Phi) is 6.41. The van der Waals surface area contributed by atoms with Crippen molar-refractivity contribution in [2.24, 2.45) is 4.99 Å². The molecule has 0 bridgehead atoms. The van der Waals surface area contributed by atoms with E-state index < -0.39 is 12.2 Å². The van der Waals surface area contributed by atoms with Gasteiger partial charge >= 0.3 is 6.09 Å². The van der Waals surface area contributed by atoms with Gasteiger partial charge in [0.2, 0.25) is 0 Å². The highest BCUT2D eigenvalue weighted by atomic mass is 35.5. The average molecular weight is 452 g/mol. The first-order valence-corrected chi connectivity index (χ1v) is 10.3. The van der Waals surface area contributed by atoms with Gasteiger partial charge in [-0.15, -0.1) is 0 Å². The molecule has 2 saturated heterocycles. The Balaban J connectivity index is 1.39. The molecule has 0 aromatic heterocycles. The number of hydrogen-bond acceptors (Lipinski definition) is 5. The Morgan fingerprint density at radius 3 is 2.70 bits per heavy atom. The van der Waals surface area contributed by atoms with E-state index in [2.05, 4.69) is 4.99 Å². The van der Waals surface area contributed by atoms with Gasteiger partial charge in [-0.1, -0.05) is 29.3 Å². The lowest BCUT2D eigenvalue weighted by atomic mass is 10.2. The topological polar surface area (TPSA) is 54.4 Å². The van der Waals surface area contributed by atoms with Crippen LogP contribution in [0.5, 0.6) is 0 Å². The zero-order valence-electron chi connectivity index (χ0n) is 16.1. The molecule has 158 valence electrons. The Hall–Kier alpha value is -2.35. The third-order valence-electron chi connectivity index (χ3n) is 4.97. The molecular formula is C21H20Cl2FN3O3. The summed E-state index contributed by atoms with van der Waals surface area (Å²) in [5.41, 5.74) is 1.69. The second-order valence-electron chi connectivity index (χ2n) is 7.01. The molecule has 0 radical (unpaired) electrons. The molecule has 0 spiro atoms. The van der Waals surface area contributed by atoms with Crippen LogP contribution in [0.4, 0.5) is 20.6 Å². The smallest absolute Gasteiger partial charge is 0.414 e.